The number of para-hydroxylation sites is 1. The number of hydrogen-bond donors (Lipinski definition) is 2. The number of carbonyl (C=O) groups excluding carboxylic acids is 2. The van der Waals surface area contributed by atoms with Gasteiger partial charge in [0, 0.05) is 18.9 Å². The van der Waals surface area contributed by atoms with Crippen LogP contribution in [0.1, 0.15) is 16.1 Å². The van der Waals surface area contributed by atoms with E-state index in [0.717, 1.165) is 10.2 Å². The van der Waals surface area contributed by atoms with Crippen LogP contribution in [0, 0.1) is 0 Å². The number of rotatable bonds is 2. The SMILES string of the molecule is Cn1nc(C(=O)NNC(=O)[C@@H]2Cc3ccccc3O2)c2ccccc2c1=O. The summed E-state index contributed by atoms with van der Waals surface area (Å²) in [6.07, 6.45) is -0.286. The third-order valence-corrected chi connectivity index (χ3v) is 4.41. The van der Waals surface area contributed by atoms with Gasteiger partial charge in [-0.3, -0.25) is 25.2 Å². The van der Waals surface area contributed by atoms with Crippen LogP contribution in [0.5, 0.6) is 5.75 Å². The first kappa shape index (κ1) is 16.8. The lowest BCUT2D eigenvalue weighted by Crippen LogP contribution is -2.48. The van der Waals surface area contributed by atoms with Crippen molar-refractivity contribution < 1.29 is 14.3 Å². The molecule has 4 rings (SSSR count). The average molecular weight is 364 g/mol. The first-order chi connectivity index (χ1) is 13.0. The Labute approximate surface area is 153 Å². The van der Waals surface area contributed by atoms with Crippen molar-refractivity contribution in [2.75, 3.05) is 0 Å². The molecule has 1 aliphatic heterocycles. The number of fused-ring (bicyclic) bond motifs is 2. The maximum atomic E-state index is 12.5. The van der Waals surface area contributed by atoms with Gasteiger partial charge in [-0.05, 0) is 17.7 Å². The summed E-state index contributed by atoms with van der Waals surface area (Å²) < 4.78 is 6.68. The van der Waals surface area contributed by atoms with E-state index in [4.69, 9.17) is 4.74 Å². The second-order valence-electron chi connectivity index (χ2n) is 6.18. The Hall–Kier alpha value is -3.68. The highest BCUT2D eigenvalue weighted by Crippen LogP contribution is 2.28. The van der Waals surface area contributed by atoms with E-state index in [1.54, 1.807) is 30.3 Å². The fourth-order valence-electron chi connectivity index (χ4n) is 3.05. The number of carbonyl (C=O) groups is 2. The average Bonchev–Trinajstić information content (AvgIpc) is 3.13. The molecule has 0 fully saturated rings. The zero-order chi connectivity index (χ0) is 19.0. The molecule has 8 nitrogen and oxygen atoms in total. The zero-order valence-corrected chi connectivity index (χ0v) is 14.4. The Kier molecular flexibility index (Phi) is 4.08. The van der Waals surface area contributed by atoms with Crippen molar-refractivity contribution in [1.29, 1.82) is 0 Å². The lowest BCUT2D eigenvalue weighted by atomic mass is 10.1. The Morgan fingerprint density at radius 1 is 1.07 bits per heavy atom. The van der Waals surface area contributed by atoms with Crippen molar-refractivity contribution in [2.24, 2.45) is 7.05 Å². The van der Waals surface area contributed by atoms with Gasteiger partial charge in [0.2, 0.25) is 0 Å². The molecule has 8 heteroatoms. The largest absolute Gasteiger partial charge is 0.480 e. The molecule has 0 aliphatic carbocycles. The highest BCUT2D eigenvalue weighted by molar-refractivity contribution is 6.05. The van der Waals surface area contributed by atoms with Gasteiger partial charge < -0.3 is 4.74 Å². The molecule has 0 unspecified atom stereocenters. The lowest BCUT2D eigenvalue weighted by molar-refractivity contribution is -0.128. The molecule has 0 spiro atoms. The van der Waals surface area contributed by atoms with Crippen molar-refractivity contribution in [1.82, 2.24) is 20.6 Å². The maximum absolute atomic E-state index is 12.5. The zero-order valence-electron chi connectivity index (χ0n) is 14.4. The summed E-state index contributed by atoms with van der Waals surface area (Å²) in [5, 5.41) is 4.81. The third-order valence-electron chi connectivity index (χ3n) is 4.41. The smallest absolute Gasteiger partial charge is 0.290 e. The standard InChI is InChI=1S/C19H16N4O4/c1-23-19(26)13-8-4-3-7-12(13)16(22-23)18(25)21-20-17(24)15-10-11-6-2-5-9-14(11)27-15/h2-9,15H,10H2,1H3,(H,20,24)(H,21,25)/t15-/m0/s1. The van der Waals surface area contributed by atoms with Gasteiger partial charge in [-0.1, -0.05) is 36.4 Å². The number of hydrogen-bond acceptors (Lipinski definition) is 5. The summed E-state index contributed by atoms with van der Waals surface area (Å²) >= 11 is 0. The molecule has 27 heavy (non-hydrogen) atoms. The first-order valence-corrected chi connectivity index (χ1v) is 8.35. The number of aryl methyl sites for hydroxylation is 1. The van der Waals surface area contributed by atoms with Gasteiger partial charge in [0.05, 0.1) is 5.39 Å². The topological polar surface area (TPSA) is 102 Å². The van der Waals surface area contributed by atoms with Gasteiger partial charge in [-0.15, -0.1) is 0 Å². The van der Waals surface area contributed by atoms with E-state index in [2.05, 4.69) is 16.0 Å². The van der Waals surface area contributed by atoms with Gasteiger partial charge in [0.15, 0.2) is 11.8 Å². The maximum Gasteiger partial charge on any atom is 0.290 e. The number of nitrogens with one attached hydrogen (secondary N) is 2. The fourth-order valence-corrected chi connectivity index (χ4v) is 3.05. The lowest BCUT2D eigenvalue weighted by Gasteiger charge is -2.13. The summed E-state index contributed by atoms with van der Waals surface area (Å²) in [4.78, 5) is 37.0. The van der Waals surface area contributed by atoms with Gasteiger partial charge >= 0.3 is 0 Å². The van der Waals surface area contributed by atoms with E-state index >= 15 is 0 Å². The minimum atomic E-state index is -0.715. The van der Waals surface area contributed by atoms with Crippen molar-refractivity contribution in [3.63, 3.8) is 0 Å². The van der Waals surface area contributed by atoms with E-state index < -0.39 is 17.9 Å². The van der Waals surface area contributed by atoms with Crippen molar-refractivity contribution in [3.05, 3.63) is 70.1 Å². The Morgan fingerprint density at radius 2 is 1.78 bits per heavy atom. The molecule has 0 saturated heterocycles. The summed E-state index contributed by atoms with van der Waals surface area (Å²) in [5.74, 6) is -0.422. The Bertz CT molecular complexity index is 1100. The van der Waals surface area contributed by atoms with Crippen LogP contribution >= 0.6 is 0 Å². The predicted molar refractivity (Wildman–Crippen MR) is 97.2 cm³/mol. The van der Waals surface area contributed by atoms with Gasteiger partial charge in [0.25, 0.3) is 17.4 Å². The number of hydrazine groups is 1. The minimum Gasteiger partial charge on any atom is -0.480 e. The second-order valence-corrected chi connectivity index (χ2v) is 6.18. The second kappa shape index (κ2) is 6.56. The van der Waals surface area contributed by atoms with E-state index in [9.17, 15) is 14.4 Å². The summed E-state index contributed by atoms with van der Waals surface area (Å²) in [5.41, 5.74) is 5.39. The van der Waals surface area contributed by atoms with Crippen molar-refractivity contribution in [2.45, 2.75) is 12.5 Å². The van der Waals surface area contributed by atoms with Crippen LogP contribution in [0.2, 0.25) is 0 Å². The molecule has 2 amide bonds. The number of aromatic nitrogens is 2. The Balaban J connectivity index is 1.49. The molecule has 3 aromatic rings. The first-order valence-electron chi connectivity index (χ1n) is 8.35. The number of nitrogens with zero attached hydrogens (tertiary/aromatic N) is 2. The quantitative estimate of drug-likeness (QED) is 0.652. The van der Waals surface area contributed by atoms with Crippen LogP contribution in [0.15, 0.2) is 53.3 Å². The van der Waals surface area contributed by atoms with Crippen molar-refractivity contribution in [3.8, 4) is 5.75 Å². The molecule has 1 aromatic heterocycles. The minimum absolute atomic E-state index is 0.0450. The van der Waals surface area contributed by atoms with E-state index in [0.29, 0.717) is 22.9 Å². The van der Waals surface area contributed by atoms with Crippen LogP contribution in [0.3, 0.4) is 0 Å². The summed E-state index contributed by atoms with van der Waals surface area (Å²) in [6.45, 7) is 0. The van der Waals surface area contributed by atoms with E-state index in [1.807, 2.05) is 18.2 Å². The molecule has 2 N–H and O–H groups in total. The van der Waals surface area contributed by atoms with Gasteiger partial charge in [0.1, 0.15) is 5.75 Å². The molecule has 1 atom stereocenters. The van der Waals surface area contributed by atoms with Crippen LogP contribution < -0.4 is 21.1 Å². The molecule has 1 aliphatic rings. The van der Waals surface area contributed by atoms with E-state index in [-0.39, 0.29) is 11.3 Å². The molecule has 0 bridgehead atoms. The Morgan fingerprint density at radius 3 is 2.56 bits per heavy atom. The normalized spacial score (nSPS) is 15.1. The number of amides is 2. The molecule has 0 radical (unpaired) electrons. The van der Waals surface area contributed by atoms with Crippen LogP contribution in [0.4, 0.5) is 0 Å². The molecular formula is C19H16N4O4. The van der Waals surface area contributed by atoms with Gasteiger partial charge in [-0.25, -0.2) is 4.68 Å². The number of ether oxygens (including phenoxy) is 1. The van der Waals surface area contributed by atoms with Crippen LogP contribution in [-0.2, 0) is 18.3 Å². The van der Waals surface area contributed by atoms with Crippen molar-refractivity contribution >= 4 is 22.6 Å². The third kappa shape index (κ3) is 3.01. The molecular weight excluding hydrogens is 348 g/mol. The highest BCUT2D eigenvalue weighted by atomic mass is 16.5. The summed E-state index contributed by atoms with van der Waals surface area (Å²) in [7, 11) is 1.47. The number of benzene rings is 2. The molecule has 2 heterocycles. The summed E-state index contributed by atoms with van der Waals surface area (Å²) in [6, 6.07) is 14.1. The van der Waals surface area contributed by atoms with E-state index in [1.165, 1.54) is 7.05 Å². The monoisotopic (exact) mass is 364 g/mol. The fraction of sp³-hybridized carbons (Fsp3) is 0.158. The predicted octanol–water partition coefficient (Wildman–Crippen LogP) is 0.698. The van der Waals surface area contributed by atoms with Crippen LogP contribution in [0.25, 0.3) is 10.8 Å². The highest BCUT2D eigenvalue weighted by Gasteiger charge is 2.29. The molecule has 136 valence electrons. The molecule has 0 saturated carbocycles. The van der Waals surface area contributed by atoms with Crippen LogP contribution in [-0.4, -0.2) is 27.7 Å². The molecule has 2 aromatic carbocycles. The van der Waals surface area contributed by atoms with Gasteiger partial charge in [-0.2, -0.15) is 5.10 Å².